The van der Waals surface area contributed by atoms with Gasteiger partial charge in [0.1, 0.15) is 11.5 Å². The number of aromatic hydroxyl groups is 1. The molecule has 1 N–H and O–H groups in total. The first kappa shape index (κ1) is 42.4. The maximum atomic E-state index is 12.6. The fourth-order valence-electron chi connectivity index (χ4n) is 9.60. The number of ether oxygens (including phenoxy) is 2. The Morgan fingerprint density at radius 3 is 1.68 bits per heavy atom. The zero-order chi connectivity index (χ0) is 40.8. The van der Waals surface area contributed by atoms with Crippen LogP contribution < -0.4 is 4.74 Å². The number of benzene rings is 4. The summed E-state index contributed by atoms with van der Waals surface area (Å²) in [6.07, 6.45) is 10.7. The molecular formula is C52H66O5. The first-order chi connectivity index (χ1) is 27.4. The molecule has 0 amide bonds. The van der Waals surface area contributed by atoms with Gasteiger partial charge in [-0.3, -0.25) is 9.59 Å². The third-order valence-electron chi connectivity index (χ3n) is 13.7. The predicted molar refractivity (Wildman–Crippen MR) is 232 cm³/mol. The molecule has 4 aromatic carbocycles. The first-order valence-corrected chi connectivity index (χ1v) is 22.0. The maximum absolute atomic E-state index is 12.6. The summed E-state index contributed by atoms with van der Waals surface area (Å²) in [4.78, 5) is 25.0. The minimum atomic E-state index is -0.131. The summed E-state index contributed by atoms with van der Waals surface area (Å²) in [6.45, 7) is 17.5. The van der Waals surface area contributed by atoms with Crippen LogP contribution in [0.25, 0.3) is 0 Å². The summed E-state index contributed by atoms with van der Waals surface area (Å²) in [5.41, 5.74) is 5.92. The third-order valence-corrected chi connectivity index (χ3v) is 13.7. The molecule has 4 aliphatic rings. The van der Waals surface area contributed by atoms with Gasteiger partial charge in [0.25, 0.3) is 0 Å². The molecule has 5 heteroatoms. The zero-order valence-corrected chi connectivity index (χ0v) is 35.7. The normalized spacial score (nSPS) is 23.6. The highest BCUT2D eigenvalue weighted by molar-refractivity contribution is 6.28. The SMILES string of the molecule is CCC(C)c1ccc(O)cc1.CCC(C)c1ccc(OC(OC2CC3CC2C2CCCC32)C(C)C)cc1.CCC(C)c1ccc2c(c1)C(=O)c1ccccc1C2=O. The molecule has 9 atom stereocenters. The molecule has 304 valence electrons. The molecular weight excluding hydrogens is 705 g/mol. The molecule has 4 aliphatic carbocycles. The highest BCUT2D eigenvalue weighted by atomic mass is 16.7. The minimum absolute atomic E-state index is 0.0413. The van der Waals surface area contributed by atoms with E-state index in [9.17, 15) is 9.59 Å². The van der Waals surface area contributed by atoms with Crippen LogP contribution in [0.5, 0.6) is 11.5 Å². The second kappa shape index (κ2) is 19.0. The van der Waals surface area contributed by atoms with E-state index in [0.717, 1.165) is 47.8 Å². The number of phenols is 1. The van der Waals surface area contributed by atoms with Gasteiger partial charge in [0.15, 0.2) is 11.6 Å². The van der Waals surface area contributed by atoms with Crippen molar-refractivity contribution in [3.05, 3.63) is 130 Å². The Hall–Kier alpha value is -4.22. The highest BCUT2D eigenvalue weighted by Gasteiger charge is 2.54. The molecule has 3 saturated carbocycles. The molecule has 0 aliphatic heterocycles. The van der Waals surface area contributed by atoms with E-state index in [2.05, 4.69) is 79.7 Å². The standard InChI is InChI=1S/C24H36O2.C18H16O2.C10H14O/c1-5-16(4)17-9-11-19(12-10-17)25-24(15(2)3)26-23-14-18-13-22(23)21-8-6-7-20(18)21;1-3-11(2)12-8-9-15-16(10-12)18(20)14-7-5-4-6-13(14)17(15)19;1-3-8(2)9-4-6-10(11)7-5-9/h9-12,15-16,18,20-24H,5-8,13-14H2,1-4H3;4-11H,3H2,1-2H3;4-8,11H,3H2,1-2H3. The van der Waals surface area contributed by atoms with Gasteiger partial charge in [0, 0.05) is 28.2 Å². The summed E-state index contributed by atoms with van der Waals surface area (Å²) in [7, 11) is 0. The molecule has 9 unspecified atom stereocenters. The number of ketones is 2. The highest BCUT2D eigenvalue weighted by Crippen LogP contribution is 2.59. The van der Waals surface area contributed by atoms with Crippen molar-refractivity contribution in [2.75, 3.05) is 0 Å². The number of carbonyl (C=O) groups excluding carboxylic acids is 2. The molecule has 0 spiro atoms. The Morgan fingerprint density at radius 1 is 0.596 bits per heavy atom. The van der Waals surface area contributed by atoms with Crippen LogP contribution in [0, 0.1) is 29.6 Å². The van der Waals surface area contributed by atoms with Crippen molar-refractivity contribution < 1.29 is 24.2 Å². The van der Waals surface area contributed by atoms with Crippen molar-refractivity contribution in [2.24, 2.45) is 29.6 Å². The van der Waals surface area contributed by atoms with Gasteiger partial charge in [0.05, 0.1) is 6.10 Å². The van der Waals surface area contributed by atoms with Crippen LogP contribution in [0.3, 0.4) is 0 Å². The molecule has 0 heterocycles. The Balaban J connectivity index is 0.000000157. The van der Waals surface area contributed by atoms with Crippen LogP contribution in [-0.2, 0) is 4.74 Å². The lowest BCUT2D eigenvalue weighted by Gasteiger charge is -2.35. The second-order valence-corrected chi connectivity index (χ2v) is 17.7. The topological polar surface area (TPSA) is 72.8 Å². The molecule has 8 rings (SSSR count). The quantitative estimate of drug-likeness (QED) is 0.135. The predicted octanol–water partition coefficient (Wildman–Crippen LogP) is 13.3. The van der Waals surface area contributed by atoms with E-state index in [-0.39, 0.29) is 17.9 Å². The van der Waals surface area contributed by atoms with Gasteiger partial charge >= 0.3 is 0 Å². The molecule has 57 heavy (non-hydrogen) atoms. The molecule has 3 fully saturated rings. The summed E-state index contributed by atoms with van der Waals surface area (Å²) >= 11 is 0. The average molecular weight is 771 g/mol. The number of carbonyl (C=O) groups is 2. The van der Waals surface area contributed by atoms with Crippen molar-refractivity contribution in [3.63, 3.8) is 0 Å². The second-order valence-electron chi connectivity index (χ2n) is 17.7. The fourth-order valence-corrected chi connectivity index (χ4v) is 9.60. The maximum Gasteiger partial charge on any atom is 0.202 e. The largest absolute Gasteiger partial charge is 0.508 e. The van der Waals surface area contributed by atoms with E-state index < -0.39 is 0 Å². The summed E-state index contributed by atoms with van der Waals surface area (Å²) in [6, 6.07) is 28.8. The van der Waals surface area contributed by atoms with E-state index in [4.69, 9.17) is 14.6 Å². The number of hydrogen-bond acceptors (Lipinski definition) is 5. The molecule has 4 aromatic rings. The van der Waals surface area contributed by atoms with Gasteiger partial charge < -0.3 is 14.6 Å². The lowest BCUT2D eigenvalue weighted by Crippen LogP contribution is -2.37. The third kappa shape index (κ3) is 9.57. The summed E-state index contributed by atoms with van der Waals surface area (Å²) in [5.74, 6) is 6.84. The van der Waals surface area contributed by atoms with Crippen LogP contribution in [0.4, 0.5) is 0 Å². The Bertz CT molecular complexity index is 1940. The van der Waals surface area contributed by atoms with Crippen molar-refractivity contribution in [1.82, 2.24) is 0 Å². The minimum Gasteiger partial charge on any atom is -0.508 e. The van der Waals surface area contributed by atoms with E-state index in [1.54, 1.807) is 42.5 Å². The van der Waals surface area contributed by atoms with Crippen LogP contribution in [-0.4, -0.2) is 29.1 Å². The van der Waals surface area contributed by atoms with Crippen LogP contribution in [0.1, 0.15) is 173 Å². The van der Waals surface area contributed by atoms with Gasteiger partial charge in [-0.15, -0.1) is 0 Å². The Labute approximate surface area is 342 Å². The zero-order valence-electron chi connectivity index (χ0n) is 35.7. The van der Waals surface area contributed by atoms with Gasteiger partial charge in [-0.1, -0.05) is 122 Å². The van der Waals surface area contributed by atoms with Gasteiger partial charge in [-0.25, -0.2) is 0 Å². The number of phenolic OH excluding ortho intramolecular Hbond substituents is 1. The lowest BCUT2D eigenvalue weighted by atomic mass is 9.80. The number of fused-ring (bicyclic) bond motifs is 7. The van der Waals surface area contributed by atoms with Crippen LogP contribution in [0.15, 0.2) is 91.0 Å². The molecule has 2 bridgehead atoms. The summed E-state index contributed by atoms with van der Waals surface area (Å²) in [5, 5.41) is 9.01. The molecule has 0 saturated heterocycles. The van der Waals surface area contributed by atoms with Crippen molar-refractivity contribution >= 4 is 11.6 Å². The number of rotatable bonds is 11. The van der Waals surface area contributed by atoms with Crippen LogP contribution in [0.2, 0.25) is 0 Å². The van der Waals surface area contributed by atoms with Gasteiger partial charge in [-0.05, 0) is 133 Å². The van der Waals surface area contributed by atoms with Gasteiger partial charge in [0.2, 0.25) is 6.29 Å². The first-order valence-electron chi connectivity index (χ1n) is 22.0. The van der Waals surface area contributed by atoms with E-state index >= 15 is 0 Å². The number of hydrogen-bond donors (Lipinski definition) is 1. The lowest BCUT2D eigenvalue weighted by molar-refractivity contribution is -0.162. The van der Waals surface area contributed by atoms with Crippen molar-refractivity contribution in [3.8, 4) is 11.5 Å². The van der Waals surface area contributed by atoms with Gasteiger partial charge in [-0.2, -0.15) is 0 Å². The molecule has 0 radical (unpaired) electrons. The average Bonchev–Trinajstić information content (AvgIpc) is 3.98. The van der Waals surface area contributed by atoms with Crippen molar-refractivity contribution in [1.29, 1.82) is 0 Å². The van der Waals surface area contributed by atoms with E-state index in [1.807, 2.05) is 24.3 Å². The fraction of sp³-hybridized carbons (Fsp3) is 0.500. The van der Waals surface area contributed by atoms with E-state index in [0.29, 0.717) is 57.8 Å². The molecule has 5 nitrogen and oxygen atoms in total. The monoisotopic (exact) mass is 770 g/mol. The van der Waals surface area contributed by atoms with E-state index in [1.165, 1.54) is 49.7 Å². The summed E-state index contributed by atoms with van der Waals surface area (Å²) < 4.78 is 12.9. The molecule has 0 aromatic heterocycles. The van der Waals surface area contributed by atoms with Crippen molar-refractivity contribution in [2.45, 2.75) is 137 Å². The van der Waals surface area contributed by atoms with Crippen LogP contribution >= 0.6 is 0 Å². The Morgan fingerprint density at radius 2 is 1.11 bits per heavy atom. The Kier molecular flexibility index (Phi) is 14.1. The smallest absolute Gasteiger partial charge is 0.202 e.